The van der Waals surface area contributed by atoms with Crippen LogP contribution in [0.25, 0.3) is 0 Å². The second-order valence-corrected chi connectivity index (χ2v) is 5.26. The monoisotopic (exact) mass is 290 g/mol. The van der Waals surface area contributed by atoms with Gasteiger partial charge in [0, 0.05) is 26.2 Å². The topological polar surface area (TPSA) is 86.7 Å². The lowest BCUT2D eigenvalue weighted by Gasteiger charge is -2.17. The van der Waals surface area contributed by atoms with E-state index in [1.807, 2.05) is 0 Å². The quantitative estimate of drug-likeness (QED) is 0.837. The smallest absolute Gasteiger partial charge is 0.307 e. The second kappa shape index (κ2) is 5.95. The highest BCUT2D eigenvalue weighted by atomic mass is 16.4. The zero-order valence-electron chi connectivity index (χ0n) is 12.0. The van der Waals surface area contributed by atoms with E-state index in [1.54, 1.807) is 38.4 Å². The number of carbonyl (C=O) groups is 3. The lowest BCUT2D eigenvalue weighted by Crippen LogP contribution is -2.28. The van der Waals surface area contributed by atoms with Crippen molar-refractivity contribution in [3.8, 4) is 0 Å². The van der Waals surface area contributed by atoms with Crippen molar-refractivity contribution in [3.05, 3.63) is 35.4 Å². The molecule has 1 aliphatic carbocycles. The van der Waals surface area contributed by atoms with Crippen LogP contribution in [0.5, 0.6) is 0 Å². The zero-order valence-corrected chi connectivity index (χ0v) is 12.0. The third kappa shape index (κ3) is 3.39. The fourth-order valence-corrected chi connectivity index (χ4v) is 2.28. The van der Waals surface area contributed by atoms with E-state index in [2.05, 4.69) is 5.32 Å². The molecule has 0 radical (unpaired) electrons. The summed E-state index contributed by atoms with van der Waals surface area (Å²) >= 11 is 0. The highest BCUT2D eigenvalue weighted by molar-refractivity contribution is 5.94. The van der Waals surface area contributed by atoms with E-state index in [0.29, 0.717) is 18.5 Å². The molecule has 21 heavy (non-hydrogen) atoms. The molecule has 1 aromatic rings. The Bertz CT molecular complexity index is 568. The molecule has 0 aromatic heterocycles. The van der Waals surface area contributed by atoms with Crippen LogP contribution < -0.4 is 5.32 Å². The molecule has 1 fully saturated rings. The van der Waals surface area contributed by atoms with Gasteiger partial charge in [-0.25, -0.2) is 0 Å². The number of aliphatic carboxylic acids is 1. The maximum Gasteiger partial charge on any atom is 0.307 e. The van der Waals surface area contributed by atoms with Gasteiger partial charge in [-0.05, 0) is 24.1 Å². The first-order chi connectivity index (χ1) is 9.93. The van der Waals surface area contributed by atoms with Crippen LogP contribution >= 0.6 is 0 Å². The third-order valence-electron chi connectivity index (χ3n) is 3.66. The molecule has 1 saturated carbocycles. The molecule has 2 rings (SSSR count). The first-order valence-corrected chi connectivity index (χ1v) is 6.73. The number of hydrogen-bond donors (Lipinski definition) is 2. The summed E-state index contributed by atoms with van der Waals surface area (Å²) in [5.41, 5.74) is 1.45. The van der Waals surface area contributed by atoms with Crippen LogP contribution in [0.3, 0.4) is 0 Å². The Kier molecular flexibility index (Phi) is 4.26. The molecule has 0 unspecified atom stereocenters. The molecule has 2 atom stereocenters. The van der Waals surface area contributed by atoms with Crippen LogP contribution in [0, 0.1) is 11.8 Å². The Morgan fingerprint density at radius 3 is 2.33 bits per heavy atom. The summed E-state index contributed by atoms with van der Waals surface area (Å²) in [7, 11) is 3.23. The van der Waals surface area contributed by atoms with Gasteiger partial charge in [0.1, 0.15) is 0 Å². The van der Waals surface area contributed by atoms with Gasteiger partial charge in [-0.2, -0.15) is 0 Å². The Hall–Kier alpha value is -2.37. The summed E-state index contributed by atoms with van der Waals surface area (Å²) < 4.78 is 0. The van der Waals surface area contributed by atoms with E-state index in [4.69, 9.17) is 5.11 Å². The highest BCUT2D eigenvalue weighted by Gasteiger charge is 2.49. The van der Waals surface area contributed by atoms with Gasteiger partial charge < -0.3 is 15.3 Å². The minimum atomic E-state index is -0.906. The number of nitrogens with one attached hydrogen (secondary N) is 1. The first kappa shape index (κ1) is 15.0. The van der Waals surface area contributed by atoms with E-state index < -0.39 is 17.8 Å². The van der Waals surface area contributed by atoms with Gasteiger partial charge in [0.05, 0.1) is 11.8 Å². The number of amides is 2. The third-order valence-corrected chi connectivity index (χ3v) is 3.66. The predicted octanol–water partition coefficient (Wildman–Crippen LogP) is 0.725. The van der Waals surface area contributed by atoms with Crippen molar-refractivity contribution in [1.82, 2.24) is 10.2 Å². The number of carboxylic acids is 1. The number of rotatable bonds is 5. The molecule has 6 nitrogen and oxygen atoms in total. The molecule has 2 N–H and O–H groups in total. The number of hydrogen-bond acceptors (Lipinski definition) is 3. The highest BCUT2D eigenvalue weighted by Crippen LogP contribution is 2.40. The average molecular weight is 290 g/mol. The summed E-state index contributed by atoms with van der Waals surface area (Å²) in [6.07, 6.45) is 0.425. The van der Waals surface area contributed by atoms with Crippen molar-refractivity contribution in [2.24, 2.45) is 11.8 Å². The van der Waals surface area contributed by atoms with Gasteiger partial charge in [-0.3, -0.25) is 14.4 Å². The molecular weight excluding hydrogens is 272 g/mol. The van der Waals surface area contributed by atoms with Crippen molar-refractivity contribution in [2.75, 3.05) is 14.1 Å². The van der Waals surface area contributed by atoms with E-state index in [1.165, 1.54) is 4.90 Å². The molecule has 0 aliphatic heterocycles. The van der Waals surface area contributed by atoms with Crippen molar-refractivity contribution in [3.63, 3.8) is 0 Å². The Balaban J connectivity index is 1.94. The van der Waals surface area contributed by atoms with Crippen LogP contribution in [0.2, 0.25) is 0 Å². The summed E-state index contributed by atoms with van der Waals surface area (Å²) in [5.74, 6) is -2.13. The van der Waals surface area contributed by atoms with Gasteiger partial charge in [0.15, 0.2) is 0 Å². The van der Waals surface area contributed by atoms with Crippen molar-refractivity contribution in [2.45, 2.75) is 13.0 Å². The van der Waals surface area contributed by atoms with Crippen LogP contribution in [-0.2, 0) is 16.1 Å². The fraction of sp³-hybridized carbons (Fsp3) is 0.400. The zero-order chi connectivity index (χ0) is 15.6. The van der Waals surface area contributed by atoms with Gasteiger partial charge in [-0.15, -0.1) is 0 Å². The summed E-state index contributed by atoms with van der Waals surface area (Å²) in [4.78, 5) is 35.8. The Morgan fingerprint density at radius 2 is 1.86 bits per heavy atom. The standard InChI is InChI=1S/C15H18N2O4/c1-16-13(18)10-5-3-9(4-6-10)8-17(2)14(19)11-7-12(11)15(20)21/h3-6,11-12H,7-8H2,1-2H3,(H,16,18)(H,20,21)/t11-,12-/m1/s1. The predicted molar refractivity (Wildman–Crippen MR) is 75.5 cm³/mol. The molecule has 2 amide bonds. The van der Waals surface area contributed by atoms with E-state index in [0.717, 1.165) is 5.56 Å². The Labute approximate surface area is 122 Å². The van der Waals surface area contributed by atoms with E-state index in [9.17, 15) is 14.4 Å². The minimum absolute atomic E-state index is 0.141. The first-order valence-electron chi connectivity index (χ1n) is 6.73. The lowest BCUT2D eigenvalue weighted by molar-refractivity contribution is -0.141. The summed E-state index contributed by atoms with van der Waals surface area (Å²) in [6.45, 7) is 0.399. The maximum atomic E-state index is 12.0. The van der Waals surface area contributed by atoms with Crippen LogP contribution in [0.15, 0.2) is 24.3 Å². The molecule has 0 spiro atoms. The lowest BCUT2D eigenvalue weighted by atomic mass is 10.1. The molecule has 112 valence electrons. The molecule has 6 heteroatoms. The van der Waals surface area contributed by atoms with Crippen LogP contribution in [0.1, 0.15) is 22.3 Å². The molecule has 0 heterocycles. The van der Waals surface area contributed by atoms with Crippen molar-refractivity contribution in [1.29, 1.82) is 0 Å². The molecular formula is C15H18N2O4. The second-order valence-electron chi connectivity index (χ2n) is 5.26. The van der Waals surface area contributed by atoms with Crippen LogP contribution in [0.4, 0.5) is 0 Å². The fourth-order valence-electron chi connectivity index (χ4n) is 2.28. The number of benzene rings is 1. The molecule has 1 aromatic carbocycles. The summed E-state index contributed by atoms with van der Waals surface area (Å²) in [6, 6.07) is 6.97. The van der Waals surface area contributed by atoms with Crippen molar-refractivity contribution >= 4 is 17.8 Å². The number of carboxylic acid groups (broad SMARTS) is 1. The number of carbonyl (C=O) groups excluding carboxylic acids is 2. The van der Waals surface area contributed by atoms with Crippen LogP contribution in [-0.4, -0.2) is 41.9 Å². The minimum Gasteiger partial charge on any atom is -0.481 e. The molecule has 0 bridgehead atoms. The van der Waals surface area contributed by atoms with Gasteiger partial charge in [-0.1, -0.05) is 12.1 Å². The summed E-state index contributed by atoms with van der Waals surface area (Å²) in [5, 5.41) is 11.4. The average Bonchev–Trinajstić information content (AvgIpc) is 3.27. The largest absolute Gasteiger partial charge is 0.481 e. The van der Waals surface area contributed by atoms with E-state index in [-0.39, 0.29) is 11.8 Å². The maximum absolute atomic E-state index is 12.0. The molecule has 1 aliphatic rings. The Morgan fingerprint density at radius 1 is 1.24 bits per heavy atom. The van der Waals surface area contributed by atoms with E-state index >= 15 is 0 Å². The normalized spacial score (nSPS) is 19.7. The number of nitrogens with zero attached hydrogens (tertiary/aromatic N) is 1. The van der Waals surface area contributed by atoms with Gasteiger partial charge in [0.2, 0.25) is 5.91 Å². The molecule has 0 saturated heterocycles. The van der Waals surface area contributed by atoms with Crippen molar-refractivity contribution < 1.29 is 19.5 Å². The van der Waals surface area contributed by atoms with Gasteiger partial charge >= 0.3 is 5.97 Å². The van der Waals surface area contributed by atoms with Gasteiger partial charge in [0.25, 0.3) is 5.91 Å². The SMILES string of the molecule is CNC(=O)c1ccc(CN(C)C(=O)[C@@H]2C[C@H]2C(=O)O)cc1.